The van der Waals surface area contributed by atoms with E-state index in [1.807, 2.05) is 44.2 Å². The van der Waals surface area contributed by atoms with E-state index in [1.165, 1.54) is 0 Å². The Morgan fingerprint density at radius 3 is 2.00 bits per heavy atom. The third-order valence-electron chi connectivity index (χ3n) is 2.04. The molecule has 0 aliphatic rings. The van der Waals surface area contributed by atoms with Gasteiger partial charge in [0, 0.05) is 0 Å². The molecule has 0 bridgehead atoms. The molecule has 1 aromatic carbocycles. The molecular weight excluding hydrogens is 196 g/mol. The Morgan fingerprint density at radius 2 is 1.56 bits per heavy atom. The topological polar surface area (TPSA) is 9.23 Å². The lowest BCUT2D eigenvalue weighted by molar-refractivity contribution is 0.0852. The summed E-state index contributed by atoms with van der Waals surface area (Å²) in [5, 5.41) is 0. The van der Waals surface area contributed by atoms with Crippen LogP contribution in [0.4, 0.5) is 0 Å². The van der Waals surface area contributed by atoms with E-state index in [0.717, 1.165) is 12.2 Å². The van der Waals surface area contributed by atoms with Crippen molar-refractivity contribution >= 4 is 0 Å². The zero-order valence-corrected chi connectivity index (χ0v) is 11.6. The third kappa shape index (κ3) is 6.49. The Labute approximate surface area is 101 Å². The predicted molar refractivity (Wildman–Crippen MR) is 72.0 cm³/mol. The lowest BCUT2D eigenvalue weighted by Gasteiger charge is -2.28. The third-order valence-corrected chi connectivity index (χ3v) is 2.04. The zero-order valence-electron chi connectivity index (χ0n) is 11.6. The van der Waals surface area contributed by atoms with Gasteiger partial charge < -0.3 is 4.74 Å². The first kappa shape index (κ1) is 15.0. The van der Waals surface area contributed by atoms with Gasteiger partial charge in [-0.3, -0.25) is 0 Å². The maximum atomic E-state index is 5.91. The molecule has 0 unspecified atom stereocenters. The van der Waals surface area contributed by atoms with Gasteiger partial charge in [0.25, 0.3) is 0 Å². The van der Waals surface area contributed by atoms with Crippen molar-refractivity contribution in [2.24, 2.45) is 5.92 Å². The summed E-state index contributed by atoms with van der Waals surface area (Å²) in [4.78, 5) is 0. The Balaban J connectivity index is 0.00000106. The first-order valence-electron chi connectivity index (χ1n) is 6.24. The average molecular weight is 222 g/mol. The minimum Gasteiger partial charge on any atom is -0.488 e. The van der Waals surface area contributed by atoms with Gasteiger partial charge in [-0.25, -0.2) is 0 Å². The van der Waals surface area contributed by atoms with Crippen LogP contribution in [0.3, 0.4) is 0 Å². The number of ether oxygens (including phenoxy) is 1. The van der Waals surface area contributed by atoms with Crippen LogP contribution in [0.2, 0.25) is 0 Å². The molecule has 0 fully saturated rings. The van der Waals surface area contributed by atoms with Crippen LogP contribution >= 0.6 is 0 Å². The van der Waals surface area contributed by atoms with Crippen LogP contribution in [0.25, 0.3) is 0 Å². The molecule has 1 rings (SSSR count). The van der Waals surface area contributed by atoms with Gasteiger partial charge >= 0.3 is 0 Å². The van der Waals surface area contributed by atoms with E-state index in [2.05, 4.69) is 27.7 Å². The molecule has 0 atom stereocenters. The Morgan fingerprint density at radius 1 is 1.06 bits per heavy atom. The van der Waals surface area contributed by atoms with Crippen LogP contribution in [0, 0.1) is 5.92 Å². The number of hydrogen-bond donors (Lipinski definition) is 0. The van der Waals surface area contributed by atoms with Gasteiger partial charge in [0.2, 0.25) is 0 Å². The summed E-state index contributed by atoms with van der Waals surface area (Å²) >= 11 is 0. The summed E-state index contributed by atoms with van der Waals surface area (Å²) < 4.78 is 5.91. The lowest BCUT2D eigenvalue weighted by Crippen LogP contribution is -2.29. The summed E-state index contributed by atoms with van der Waals surface area (Å²) in [7, 11) is 0. The van der Waals surface area contributed by atoms with Crippen LogP contribution in [-0.4, -0.2) is 5.60 Å². The minimum atomic E-state index is -0.0739. The van der Waals surface area contributed by atoms with Crippen molar-refractivity contribution in [2.75, 3.05) is 0 Å². The molecule has 92 valence electrons. The first-order valence-corrected chi connectivity index (χ1v) is 6.24. The second kappa shape index (κ2) is 7.32. The second-order valence-electron chi connectivity index (χ2n) is 4.77. The van der Waals surface area contributed by atoms with Crippen molar-refractivity contribution in [2.45, 2.75) is 53.6 Å². The Kier molecular flexibility index (Phi) is 6.87. The van der Waals surface area contributed by atoms with E-state index in [0.29, 0.717) is 5.92 Å². The fourth-order valence-corrected chi connectivity index (χ4v) is 1.83. The molecule has 0 aromatic heterocycles. The molecule has 0 aliphatic carbocycles. The fourth-order valence-electron chi connectivity index (χ4n) is 1.83. The summed E-state index contributed by atoms with van der Waals surface area (Å²) in [5.74, 6) is 1.62. The van der Waals surface area contributed by atoms with Crippen LogP contribution in [0.5, 0.6) is 5.75 Å². The van der Waals surface area contributed by atoms with Crippen molar-refractivity contribution < 1.29 is 4.74 Å². The molecule has 0 radical (unpaired) electrons. The monoisotopic (exact) mass is 222 g/mol. The van der Waals surface area contributed by atoms with Gasteiger partial charge in [0.1, 0.15) is 11.4 Å². The Bertz CT molecular complexity index is 262. The van der Waals surface area contributed by atoms with Gasteiger partial charge in [-0.15, -0.1) is 0 Å². The minimum absolute atomic E-state index is 0.0739. The van der Waals surface area contributed by atoms with E-state index in [-0.39, 0.29) is 5.60 Å². The van der Waals surface area contributed by atoms with Crippen LogP contribution in [0.15, 0.2) is 30.3 Å². The maximum absolute atomic E-state index is 5.91. The SMILES string of the molecule is CC.CC(C)CC(C)(C)Oc1ccccc1. The molecule has 16 heavy (non-hydrogen) atoms. The molecule has 0 heterocycles. The van der Waals surface area contributed by atoms with Crippen molar-refractivity contribution in [1.29, 1.82) is 0 Å². The fraction of sp³-hybridized carbons (Fsp3) is 0.600. The van der Waals surface area contributed by atoms with Crippen molar-refractivity contribution in [3.63, 3.8) is 0 Å². The number of benzene rings is 1. The molecule has 0 saturated carbocycles. The van der Waals surface area contributed by atoms with Crippen molar-refractivity contribution in [3.05, 3.63) is 30.3 Å². The van der Waals surface area contributed by atoms with Gasteiger partial charge in [0.15, 0.2) is 0 Å². The van der Waals surface area contributed by atoms with Crippen LogP contribution in [-0.2, 0) is 0 Å². The van der Waals surface area contributed by atoms with E-state index in [1.54, 1.807) is 0 Å². The summed E-state index contributed by atoms with van der Waals surface area (Å²) in [6, 6.07) is 10.0. The van der Waals surface area contributed by atoms with Gasteiger partial charge in [-0.1, -0.05) is 45.9 Å². The van der Waals surface area contributed by atoms with E-state index in [9.17, 15) is 0 Å². The van der Waals surface area contributed by atoms with E-state index < -0.39 is 0 Å². The molecule has 0 saturated heterocycles. The van der Waals surface area contributed by atoms with Crippen molar-refractivity contribution in [1.82, 2.24) is 0 Å². The highest BCUT2D eigenvalue weighted by molar-refractivity contribution is 5.21. The van der Waals surface area contributed by atoms with Gasteiger partial charge in [-0.2, -0.15) is 0 Å². The maximum Gasteiger partial charge on any atom is 0.120 e. The molecule has 1 aromatic rings. The van der Waals surface area contributed by atoms with Crippen LogP contribution < -0.4 is 4.74 Å². The summed E-state index contributed by atoms with van der Waals surface area (Å²) in [6.07, 6.45) is 1.07. The standard InChI is InChI=1S/C13H20O.C2H6/c1-11(2)10-13(3,4)14-12-8-6-5-7-9-12;1-2/h5-9,11H,10H2,1-4H3;1-2H3. The second-order valence-corrected chi connectivity index (χ2v) is 4.77. The average Bonchev–Trinajstić information content (AvgIpc) is 2.19. The van der Waals surface area contributed by atoms with Crippen molar-refractivity contribution in [3.8, 4) is 5.75 Å². The summed E-state index contributed by atoms with van der Waals surface area (Å²) in [5.41, 5.74) is -0.0739. The van der Waals surface area contributed by atoms with Crippen LogP contribution in [0.1, 0.15) is 48.0 Å². The lowest BCUT2D eigenvalue weighted by atomic mass is 9.96. The van der Waals surface area contributed by atoms with Gasteiger partial charge in [-0.05, 0) is 38.3 Å². The summed E-state index contributed by atoms with van der Waals surface area (Å²) in [6.45, 7) is 12.7. The predicted octanol–water partition coefficient (Wildman–Crippen LogP) is 4.92. The quantitative estimate of drug-likeness (QED) is 0.703. The first-order chi connectivity index (χ1) is 7.49. The smallest absolute Gasteiger partial charge is 0.120 e. The van der Waals surface area contributed by atoms with E-state index >= 15 is 0 Å². The number of para-hydroxylation sites is 1. The molecule has 1 heteroatoms. The van der Waals surface area contributed by atoms with E-state index in [4.69, 9.17) is 4.74 Å². The molecule has 1 nitrogen and oxygen atoms in total. The molecule has 0 aliphatic heterocycles. The Hall–Kier alpha value is -0.980. The highest BCUT2D eigenvalue weighted by Gasteiger charge is 2.20. The molecule has 0 spiro atoms. The largest absolute Gasteiger partial charge is 0.488 e. The highest BCUT2D eigenvalue weighted by Crippen LogP contribution is 2.23. The zero-order chi connectivity index (χ0) is 12.6. The normalized spacial score (nSPS) is 10.7. The van der Waals surface area contributed by atoms with Gasteiger partial charge in [0.05, 0.1) is 0 Å². The molecular formula is C15H26O. The number of hydrogen-bond acceptors (Lipinski definition) is 1. The molecule has 0 amide bonds. The highest BCUT2D eigenvalue weighted by atomic mass is 16.5. The number of rotatable bonds is 4. The molecule has 0 N–H and O–H groups in total.